The van der Waals surface area contributed by atoms with Gasteiger partial charge >= 0.3 is 6.01 Å². The fourth-order valence-electron chi connectivity index (χ4n) is 6.79. The molecule has 1 fully saturated rings. The number of rotatable bonds is 7. The third-order valence-corrected chi connectivity index (χ3v) is 9.88. The summed E-state index contributed by atoms with van der Waals surface area (Å²) >= 11 is 6.02. The summed E-state index contributed by atoms with van der Waals surface area (Å²) in [5, 5.41) is 14.2. The van der Waals surface area contributed by atoms with E-state index in [1.54, 1.807) is 30.1 Å². The highest BCUT2D eigenvalue weighted by molar-refractivity contribution is 6.30. The van der Waals surface area contributed by atoms with Gasteiger partial charge in [-0.05, 0) is 94.8 Å². The van der Waals surface area contributed by atoms with Crippen LogP contribution in [0.4, 0.5) is 15.9 Å². The summed E-state index contributed by atoms with van der Waals surface area (Å²) in [5.41, 5.74) is 5.74. The second-order valence-electron chi connectivity index (χ2n) is 13.1. The normalized spacial score (nSPS) is 17.0. The molecule has 0 bridgehead atoms. The molecule has 11 nitrogen and oxygen atoms in total. The number of nitrogens with zero attached hydrogens (tertiary/aromatic N) is 9. The van der Waals surface area contributed by atoms with E-state index in [2.05, 4.69) is 46.3 Å². The Kier molecular flexibility index (Phi) is 8.14. The molecule has 0 saturated carbocycles. The number of halogens is 2. The first-order valence-corrected chi connectivity index (χ1v) is 16.4. The minimum absolute atomic E-state index is 0.0771. The molecular weight excluding hydrogens is 633 g/mol. The number of fused-ring (bicyclic) bond motifs is 1. The number of hydrogen-bond donors (Lipinski definition) is 0. The molecule has 1 saturated heterocycles. The zero-order chi connectivity index (χ0) is 33.7. The molecule has 3 aromatic heterocycles. The SMILES string of the molecule is COc1nccc(N(C)c2ccc(C)c(-c3cn(C4CCC(C)(C)N(C(=O)c5nn(-c6ccc(Cl)cc6F)c6c5CCC6)C4)nn3)c2)n1. The predicted molar refractivity (Wildman–Crippen MR) is 181 cm³/mol. The maximum absolute atomic E-state index is 15.0. The monoisotopic (exact) mass is 669 g/mol. The smallest absolute Gasteiger partial charge is 0.318 e. The van der Waals surface area contributed by atoms with Crippen LogP contribution >= 0.6 is 11.6 Å². The zero-order valence-corrected chi connectivity index (χ0v) is 28.4. The Labute approximate surface area is 283 Å². The number of ether oxygens (including phenoxy) is 1. The van der Waals surface area contributed by atoms with Gasteiger partial charge in [0, 0.05) is 52.9 Å². The van der Waals surface area contributed by atoms with E-state index >= 15 is 0 Å². The van der Waals surface area contributed by atoms with Crippen LogP contribution in [0.3, 0.4) is 0 Å². The Hall–Kier alpha value is -4.84. The Morgan fingerprint density at radius 3 is 2.77 bits per heavy atom. The van der Waals surface area contributed by atoms with E-state index in [1.165, 1.54) is 6.07 Å². The standard InChI is InChI=1S/C35H37ClFN9O2/c1-21-9-11-23(43(4)31-14-16-38-34(39-31)48-5)18-26(21)28-20-45(42-40-28)24-13-15-35(2,3)44(19-24)33(47)32-25-7-6-8-29(25)46(41-32)30-12-10-22(36)17-27(30)37/h9-12,14,16-18,20,24H,6-8,13,15,19H2,1-5H3. The molecule has 13 heteroatoms. The second-order valence-corrected chi connectivity index (χ2v) is 13.5. The van der Waals surface area contributed by atoms with Gasteiger partial charge in [-0.2, -0.15) is 10.1 Å². The van der Waals surface area contributed by atoms with Gasteiger partial charge in [0.2, 0.25) is 0 Å². The van der Waals surface area contributed by atoms with E-state index in [0.29, 0.717) is 34.8 Å². The highest BCUT2D eigenvalue weighted by Crippen LogP contribution is 2.37. The van der Waals surface area contributed by atoms with Crippen molar-refractivity contribution < 1.29 is 13.9 Å². The van der Waals surface area contributed by atoms with Crippen molar-refractivity contribution in [3.63, 3.8) is 0 Å². The van der Waals surface area contributed by atoms with Crippen molar-refractivity contribution in [2.75, 3.05) is 25.6 Å². The molecule has 48 heavy (non-hydrogen) atoms. The first-order valence-electron chi connectivity index (χ1n) is 16.1. The van der Waals surface area contributed by atoms with Crippen LogP contribution in [0.5, 0.6) is 6.01 Å². The molecule has 1 atom stereocenters. The van der Waals surface area contributed by atoms with Crippen molar-refractivity contribution in [2.45, 2.75) is 64.5 Å². The van der Waals surface area contributed by atoms with Gasteiger partial charge in [0.25, 0.3) is 5.91 Å². The number of carbonyl (C=O) groups excluding carboxylic acids is 1. The molecule has 1 aliphatic carbocycles. The van der Waals surface area contributed by atoms with Crippen molar-refractivity contribution in [1.29, 1.82) is 0 Å². The molecule has 2 aliphatic rings. The lowest BCUT2D eigenvalue weighted by Crippen LogP contribution is -2.53. The van der Waals surface area contributed by atoms with E-state index in [4.69, 9.17) is 21.4 Å². The first kappa shape index (κ1) is 31.7. The Balaban J connectivity index is 1.15. The van der Waals surface area contributed by atoms with Crippen LogP contribution in [0.25, 0.3) is 16.9 Å². The van der Waals surface area contributed by atoms with Crippen molar-refractivity contribution in [1.82, 2.24) is 39.6 Å². The van der Waals surface area contributed by atoms with E-state index in [9.17, 15) is 9.18 Å². The maximum atomic E-state index is 15.0. The molecule has 0 radical (unpaired) electrons. The van der Waals surface area contributed by atoms with Crippen LogP contribution in [0.1, 0.15) is 66.5 Å². The van der Waals surface area contributed by atoms with Gasteiger partial charge < -0.3 is 14.5 Å². The summed E-state index contributed by atoms with van der Waals surface area (Å²) < 4.78 is 23.7. The van der Waals surface area contributed by atoms with Crippen molar-refractivity contribution >= 4 is 29.0 Å². The molecule has 248 valence electrons. The number of aromatic nitrogens is 7. The van der Waals surface area contributed by atoms with Crippen LogP contribution in [-0.4, -0.2) is 71.8 Å². The largest absolute Gasteiger partial charge is 0.467 e. The van der Waals surface area contributed by atoms with E-state index in [1.807, 2.05) is 46.8 Å². The molecule has 1 aliphatic heterocycles. The molecule has 0 N–H and O–H groups in total. The summed E-state index contributed by atoms with van der Waals surface area (Å²) in [4.78, 5) is 26.8. The fourth-order valence-corrected chi connectivity index (χ4v) is 6.95. The average Bonchev–Trinajstić information content (AvgIpc) is 3.83. The summed E-state index contributed by atoms with van der Waals surface area (Å²) in [5.74, 6) is 0.0774. The lowest BCUT2D eigenvalue weighted by Gasteiger charge is -2.45. The second kappa shape index (κ2) is 12.3. The lowest BCUT2D eigenvalue weighted by atomic mass is 9.87. The Morgan fingerprint density at radius 2 is 1.98 bits per heavy atom. The van der Waals surface area contributed by atoms with E-state index in [0.717, 1.165) is 65.9 Å². The summed E-state index contributed by atoms with van der Waals surface area (Å²) in [6.45, 7) is 6.66. The number of aryl methyl sites for hydroxylation is 1. The lowest BCUT2D eigenvalue weighted by molar-refractivity contribution is 0.0302. The molecule has 0 spiro atoms. The zero-order valence-electron chi connectivity index (χ0n) is 27.6. The van der Waals surface area contributed by atoms with Gasteiger partial charge in [0.05, 0.1) is 19.3 Å². The number of methoxy groups -OCH3 is 1. The van der Waals surface area contributed by atoms with Crippen molar-refractivity contribution in [3.05, 3.63) is 88.2 Å². The molecule has 7 rings (SSSR count). The predicted octanol–water partition coefficient (Wildman–Crippen LogP) is 6.54. The van der Waals surface area contributed by atoms with Crippen LogP contribution in [0.15, 0.2) is 54.9 Å². The fraction of sp³-hybridized carbons (Fsp3) is 0.371. The average molecular weight is 670 g/mol. The maximum Gasteiger partial charge on any atom is 0.318 e. The topological polar surface area (TPSA) is 107 Å². The third kappa shape index (κ3) is 5.67. The van der Waals surface area contributed by atoms with Crippen molar-refractivity contribution in [2.24, 2.45) is 0 Å². The number of likely N-dealkylation sites (tertiary alicyclic amines) is 1. The van der Waals surface area contributed by atoms with E-state index < -0.39 is 11.4 Å². The quantitative estimate of drug-likeness (QED) is 0.192. The number of amides is 1. The van der Waals surface area contributed by atoms with Crippen LogP contribution in [0, 0.1) is 12.7 Å². The van der Waals surface area contributed by atoms with E-state index in [-0.39, 0.29) is 11.9 Å². The van der Waals surface area contributed by atoms with Gasteiger partial charge in [-0.25, -0.2) is 18.7 Å². The summed E-state index contributed by atoms with van der Waals surface area (Å²) in [6.07, 6.45) is 7.58. The Bertz CT molecular complexity index is 2020. The van der Waals surface area contributed by atoms with Gasteiger partial charge in [-0.1, -0.05) is 22.9 Å². The highest BCUT2D eigenvalue weighted by Gasteiger charge is 2.41. The van der Waals surface area contributed by atoms with Gasteiger partial charge in [0.15, 0.2) is 5.69 Å². The number of benzene rings is 2. The first-order chi connectivity index (χ1) is 23.0. The molecular formula is C35H37ClFN9O2. The molecule has 5 aromatic rings. The summed E-state index contributed by atoms with van der Waals surface area (Å²) in [6, 6.07) is 12.7. The van der Waals surface area contributed by atoms with Gasteiger partial charge in [0.1, 0.15) is 23.0 Å². The molecule has 1 amide bonds. The molecule has 1 unspecified atom stereocenters. The van der Waals surface area contributed by atoms with Gasteiger partial charge in [-0.15, -0.1) is 5.10 Å². The molecule has 4 heterocycles. The van der Waals surface area contributed by atoms with Crippen LogP contribution in [0.2, 0.25) is 5.02 Å². The third-order valence-electron chi connectivity index (χ3n) is 9.64. The van der Waals surface area contributed by atoms with Crippen molar-refractivity contribution in [3.8, 4) is 23.0 Å². The summed E-state index contributed by atoms with van der Waals surface area (Å²) in [7, 11) is 3.48. The van der Waals surface area contributed by atoms with Crippen LogP contribution < -0.4 is 9.64 Å². The minimum atomic E-state index is -0.472. The minimum Gasteiger partial charge on any atom is -0.467 e. The highest BCUT2D eigenvalue weighted by atomic mass is 35.5. The number of hydrogen-bond acceptors (Lipinski definition) is 8. The molecule has 2 aromatic carbocycles. The number of piperidine rings is 1. The number of anilines is 2. The van der Waals surface area contributed by atoms with Crippen LogP contribution in [-0.2, 0) is 12.8 Å². The van der Waals surface area contributed by atoms with Gasteiger partial charge in [-0.3, -0.25) is 4.79 Å². The Morgan fingerprint density at radius 1 is 1.15 bits per heavy atom. The number of carbonyl (C=O) groups is 1.